The van der Waals surface area contributed by atoms with Crippen molar-refractivity contribution in [2.24, 2.45) is 5.92 Å². The van der Waals surface area contributed by atoms with Crippen LogP contribution in [0.15, 0.2) is 0 Å². The van der Waals surface area contributed by atoms with Crippen LogP contribution in [0.1, 0.15) is 19.3 Å². The molecule has 2 rings (SSSR count). The molecule has 0 aromatic rings. The van der Waals surface area contributed by atoms with E-state index in [0.29, 0.717) is 32.1 Å². The monoisotopic (exact) mass is 229 g/mol. The Hall–Kier alpha value is -0.650. The molecule has 0 bridgehead atoms. The third-order valence-corrected chi connectivity index (χ3v) is 3.28. The largest absolute Gasteiger partial charge is 0.468 e. The normalized spacial score (nSPS) is 31.4. The standard InChI is InChI=1S/C11H19NO4/c1-15-10(13)9(8-2-3-8)12-6-11(14)4-5-16-7-11/h8-9,12,14H,2-7H2,1H3. The number of carbonyl (C=O) groups excluding carboxylic acids is 1. The molecule has 2 atom stereocenters. The summed E-state index contributed by atoms with van der Waals surface area (Å²) in [4.78, 5) is 11.5. The number of carbonyl (C=O) groups is 1. The molecule has 2 unspecified atom stereocenters. The van der Waals surface area contributed by atoms with Crippen molar-refractivity contribution in [1.29, 1.82) is 0 Å². The summed E-state index contributed by atoms with van der Waals surface area (Å²) in [6, 6.07) is -0.269. The van der Waals surface area contributed by atoms with Gasteiger partial charge in [-0.15, -0.1) is 0 Å². The number of ether oxygens (including phenoxy) is 2. The second kappa shape index (κ2) is 4.69. The van der Waals surface area contributed by atoms with E-state index >= 15 is 0 Å². The summed E-state index contributed by atoms with van der Waals surface area (Å²) >= 11 is 0. The molecular weight excluding hydrogens is 210 g/mol. The van der Waals surface area contributed by atoms with Gasteiger partial charge in [0, 0.05) is 19.6 Å². The van der Waals surface area contributed by atoms with Gasteiger partial charge < -0.3 is 19.9 Å². The molecule has 1 aliphatic heterocycles. The smallest absolute Gasteiger partial charge is 0.323 e. The van der Waals surface area contributed by atoms with Gasteiger partial charge in [0.25, 0.3) is 0 Å². The maximum absolute atomic E-state index is 11.5. The zero-order chi connectivity index (χ0) is 11.6. The van der Waals surface area contributed by atoms with Crippen LogP contribution in [0, 0.1) is 5.92 Å². The number of nitrogens with one attached hydrogen (secondary N) is 1. The molecule has 0 aromatic heterocycles. The van der Waals surface area contributed by atoms with Gasteiger partial charge in [0.05, 0.1) is 13.7 Å². The van der Waals surface area contributed by atoms with Crippen LogP contribution in [-0.4, -0.2) is 49.6 Å². The van der Waals surface area contributed by atoms with Crippen molar-refractivity contribution < 1.29 is 19.4 Å². The fourth-order valence-corrected chi connectivity index (χ4v) is 2.03. The van der Waals surface area contributed by atoms with Gasteiger partial charge in [-0.05, 0) is 18.8 Å². The zero-order valence-electron chi connectivity index (χ0n) is 9.57. The summed E-state index contributed by atoms with van der Waals surface area (Å²) in [5.41, 5.74) is -0.818. The lowest BCUT2D eigenvalue weighted by molar-refractivity contribution is -0.144. The Kier molecular flexibility index (Phi) is 3.47. The molecule has 5 nitrogen and oxygen atoms in total. The van der Waals surface area contributed by atoms with Crippen LogP contribution in [-0.2, 0) is 14.3 Å². The molecule has 2 aliphatic rings. The number of esters is 1. The predicted molar refractivity (Wildman–Crippen MR) is 56.9 cm³/mol. The first-order valence-corrected chi connectivity index (χ1v) is 5.76. The Labute approximate surface area is 95.1 Å². The Morgan fingerprint density at radius 1 is 1.69 bits per heavy atom. The number of methoxy groups -OCH3 is 1. The minimum Gasteiger partial charge on any atom is -0.468 e. The highest BCUT2D eigenvalue weighted by Gasteiger charge is 2.39. The first-order chi connectivity index (χ1) is 7.64. The molecule has 0 amide bonds. The SMILES string of the molecule is COC(=O)C(NCC1(O)CCOC1)C1CC1. The molecule has 2 fully saturated rings. The lowest BCUT2D eigenvalue weighted by Crippen LogP contribution is -2.48. The quantitative estimate of drug-likeness (QED) is 0.632. The first kappa shape index (κ1) is 11.8. The van der Waals surface area contributed by atoms with Crippen molar-refractivity contribution in [2.75, 3.05) is 26.9 Å². The minimum absolute atomic E-state index is 0.231. The minimum atomic E-state index is -0.818. The van der Waals surface area contributed by atoms with Gasteiger partial charge >= 0.3 is 5.97 Å². The number of aliphatic hydroxyl groups is 1. The van der Waals surface area contributed by atoms with Gasteiger partial charge in [0.2, 0.25) is 0 Å². The van der Waals surface area contributed by atoms with E-state index in [1.165, 1.54) is 7.11 Å². The summed E-state index contributed by atoms with van der Waals surface area (Å²) in [5, 5.41) is 13.2. The average Bonchev–Trinajstić information content (AvgIpc) is 3.01. The van der Waals surface area contributed by atoms with Crippen LogP contribution in [0.4, 0.5) is 0 Å². The predicted octanol–water partition coefficient (Wildman–Crippen LogP) is -0.321. The first-order valence-electron chi connectivity index (χ1n) is 5.76. The second-order valence-electron chi connectivity index (χ2n) is 4.75. The van der Waals surface area contributed by atoms with Crippen LogP contribution in [0.5, 0.6) is 0 Å². The summed E-state index contributed by atoms with van der Waals surface area (Å²) < 4.78 is 9.90. The Balaban J connectivity index is 1.83. The highest BCUT2D eigenvalue weighted by atomic mass is 16.5. The highest BCUT2D eigenvalue weighted by Crippen LogP contribution is 2.33. The molecule has 1 saturated heterocycles. The van der Waals surface area contributed by atoms with Crippen molar-refractivity contribution in [2.45, 2.75) is 30.9 Å². The fraction of sp³-hybridized carbons (Fsp3) is 0.909. The van der Waals surface area contributed by atoms with Crippen molar-refractivity contribution in [3.05, 3.63) is 0 Å². The fourth-order valence-electron chi connectivity index (χ4n) is 2.03. The van der Waals surface area contributed by atoms with E-state index in [4.69, 9.17) is 9.47 Å². The van der Waals surface area contributed by atoms with Crippen LogP contribution < -0.4 is 5.32 Å². The van der Waals surface area contributed by atoms with Crippen LogP contribution in [0.3, 0.4) is 0 Å². The van der Waals surface area contributed by atoms with Gasteiger partial charge in [-0.2, -0.15) is 0 Å². The number of hydrogen-bond acceptors (Lipinski definition) is 5. The zero-order valence-corrected chi connectivity index (χ0v) is 9.57. The van der Waals surface area contributed by atoms with Crippen molar-refractivity contribution in [3.8, 4) is 0 Å². The molecule has 1 heterocycles. The van der Waals surface area contributed by atoms with E-state index in [1.54, 1.807) is 0 Å². The van der Waals surface area contributed by atoms with E-state index in [1.807, 2.05) is 0 Å². The number of hydrogen-bond donors (Lipinski definition) is 2. The lowest BCUT2D eigenvalue weighted by atomic mass is 10.0. The molecular formula is C11H19NO4. The van der Waals surface area contributed by atoms with Crippen LogP contribution in [0.25, 0.3) is 0 Å². The van der Waals surface area contributed by atoms with E-state index in [2.05, 4.69) is 5.32 Å². The third kappa shape index (κ3) is 2.72. The average molecular weight is 229 g/mol. The molecule has 2 N–H and O–H groups in total. The topological polar surface area (TPSA) is 67.8 Å². The van der Waals surface area contributed by atoms with Gasteiger partial charge in [-0.3, -0.25) is 4.79 Å². The molecule has 92 valence electrons. The Morgan fingerprint density at radius 3 is 2.94 bits per heavy atom. The van der Waals surface area contributed by atoms with E-state index in [-0.39, 0.29) is 12.0 Å². The number of rotatable bonds is 5. The van der Waals surface area contributed by atoms with Gasteiger partial charge in [-0.25, -0.2) is 0 Å². The highest BCUT2D eigenvalue weighted by molar-refractivity contribution is 5.76. The van der Waals surface area contributed by atoms with Crippen molar-refractivity contribution >= 4 is 5.97 Å². The molecule has 0 spiro atoms. The van der Waals surface area contributed by atoms with Gasteiger partial charge in [0.1, 0.15) is 11.6 Å². The van der Waals surface area contributed by atoms with E-state index in [0.717, 1.165) is 12.8 Å². The maximum Gasteiger partial charge on any atom is 0.323 e. The van der Waals surface area contributed by atoms with E-state index < -0.39 is 5.60 Å². The molecule has 5 heteroatoms. The van der Waals surface area contributed by atoms with Gasteiger partial charge in [0.15, 0.2) is 0 Å². The van der Waals surface area contributed by atoms with Crippen molar-refractivity contribution in [1.82, 2.24) is 5.32 Å². The Bertz CT molecular complexity index is 259. The van der Waals surface area contributed by atoms with Crippen molar-refractivity contribution in [3.63, 3.8) is 0 Å². The molecule has 1 saturated carbocycles. The summed E-state index contributed by atoms with van der Waals surface area (Å²) in [7, 11) is 1.40. The second-order valence-corrected chi connectivity index (χ2v) is 4.75. The summed E-state index contributed by atoms with van der Waals surface area (Å²) in [6.07, 6.45) is 2.74. The van der Waals surface area contributed by atoms with E-state index in [9.17, 15) is 9.90 Å². The molecule has 1 aliphatic carbocycles. The maximum atomic E-state index is 11.5. The van der Waals surface area contributed by atoms with Crippen LogP contribution in [0.2, 0.25) is 0 Å². The summed E-state index contributed by atoms with van der Waals surface area (Å²) in [5.74, 6) is 0.142. The van der Waals surface area contributed by atoms with Gasteiger partial charge in [-0.1, -0.05) is 0 Å². The third-order valence-electron chi connectivity index (χ3n) is 3.28. The lowest BCUT2D eigenvalue weighted by Gasteiger charge is -2.24. The summed E-state index contributed by atoms with van der Waals surface area (Å²) in [6.45, 7) is 1.33. The molecule has 0 aromatic carbocycles. The van der Waals surface area contributed by atoms with Crippen LogP contribution >= 0.6 is 0 Å². The molecule has 0 radical (unpaired) electrons. The molecule has 16 heavy (non-hydrogen) atoms. The Morgan fingerprint density at radius 2 is 2.44 bits per heavy atom.